The van der Waals surface area contributed by atoms with Gasteiger partial charge in [0.2, 0.25) is 5.91 Å². The van der Waals surface area contributed by atoms with Crippen LogP contribution in [0.5, 0.6) is 0 Å². The molecule has 2 heterocycles. The predicted octanol–water partition coefficient (Wildman–Crippen LogP) is 5.52. The van der Waals surface area contributed by atoms with E-state index in [4.69, 9.17) is 4.74 Å². The second-order valence-corrected chi connectivity index (χ2v) is 14.2. The van der Waals surface area contributed by atoms with Crippen LogP contribution in [0.15, 0.2) is 59.8 Å². The number of benzene rings is 2. The number of para-hydroxylation sites is 2. The van der Waals surface area contributed by atoms with Crippen molar-refractivity contribution in [3.8, 4) is 0 Å². The lowest BCUT2D eigenvalue weighted by atomic mass is 9.73. The normalized spacial score (nSPS) is 22.8. The Kier molecular flexibility index (Phi) is 7.73. The van der Waals surface area contributed by atoms with E-state index in [0.29, 0.717) is 24.0 Å². The van der Waals surface area contributed by atoms with E-state index in [1.54, 1.807) is 12.1 Å². The second-order valence-electron chi connectivity index (χ2n) is 14.2. The van der Waals surface area contributed by atoms with Crippen LogP contribution >= 0.6 is 0 Å². The first-order valence-electron chi connectivity index (χ1n) is 14.8. The van der Waals surface area contributed by atoms with Crippen molar-refractivity contribution in [1.82, 2.24) is 10.6 Å². The first-order chi connectivity index (χ1) is 19.7. The van der Waals surface area contributed by atoms with Crippen LogP contribution in [-0.4, -0.2) is 48.4 Å². The number of carbonyl (C=O) groups excluding carboxylic acids is 3. The van der Waals surface area contributed by atoms with Gasteiger partial charge in [0.25, 0.3) is 0 Å². The first-order valence-corrected chi connectivity index (χ1v) is 14.8. The molecule has 1 amide bonds. The van der Waals surface area contributed by atoms with Gasteiger partial charge in [-0.25, -0.2) is 4.79 Å². The van der Waals surface area contributed by atoms with Gasteiger partial charge in [0.1, 0.15) is 0 Å². The van der Waals surface area contributed by atoms with Gasteiger partial charge in [0.15, 0.2) is 5.78 Å². The largest absolute Gasteiger partial charge is 0.465 e. The van der Waals surface area contributed by atoms with Crippen molar-refractivity contribution < 1.29 is 19.1 Å². The summed E-state index contributed by atoms with van der Waals surface area (Å²) in [5.74, 6) is -0.447. The molecule has 1 unspecified atom stereocenters. The Labute approximate surface area is 249 Å². The SMILES string of the molecule is COC(=O)c1ccc(C2C3=C(CC(C)(C)CC3=O)Nc3ccccc3N2CC(=O)NC2CC(C)(C)NC(C)(C)C2)cc1. The fraction of sp³-hybridized carbons (Fsp3) is 0.500. The summed E-state index contributed by atoms with van der Waals surface area (Å²) in [6.45, 7) is 13.0. The van der Waals surface area contributed by atoms with Crippen molar-refractivity contribution in [1.29, 1.82) is 0 Å². The van der Waals surface area contributed by atoms with Crippen LogP contribution in [0, 0.1) is 5.41 Å². The van der Waals surface area contributed by atoms with Crippen molar-refractivity contribution in [2.45, 2.75) is 90.4 Å². The number of ether oxygens (including phenoxy) is 1. The van der Waals surface area contributed by atoms with E-state index in [1.807, 2.05) is 41.3 Å². The lowest BCUT2D eigenvalue weighted by Gasteiger charge is -2.46. The lowest BCUT2D eigenvalue weighted by Crippen LogP contribution is -2.62. The highest BCUT2D eigenvalue weighted by Crippen LogP contribution is 2.48. The van der Waals surface area contributed by atoms with Gasteiger partial charge in [0.05, 0.1) is 36.6 Å². The molecule has 0 saturated carbocycles. The van der Waals surface area contributed by atoms with E-state index in [2.05, 4.69) is 57.5 Å². The van der Waals surface area contributed by atoms with Gasteiger partial charge in [-0.05, 0) is 82.2 Å². The highest BCUT2D eigenvalue weighted by molar-refractivity contribution is 6.02. The number of esters is 1. The molecule has 1 fully saturated rings. The number of amides is 1. The fourth-order valence-corrected chi connectivity index (χ4v) is 7.35. The number of anilines is 2. The number of nitrogens with zero attached hydrogens (tertiary/aromatic N) is 1. The third kappa shape index (κ3) is 6.24. The maximum atomic E-state index is 13.9. The third-order valence-corrected chi connectivity index (χ3v) is 8.52. The molecule has 5 rings (SSSR count). The van der Waals surface area contributed by atoms with E-state index >= 15 is 0 Å². The monoisotopic (exact) mass is 572 g/mol. The molecule has 3 aliphatic rings. The molecule has 2 aromatic rings. The molecule has 0 radical (unpaired) electrons. The number of hydrogen-bond donors (Lipinski definition) is 3. The molecule has 2 aliphatic heterocycles. The van der Waals surface area contributed by atoms with Gasteiger partial charge < -0.3 is 25.6 Å². The Balaban J connectivity index is 1.57. The van der Waals surface area contributed by atoms with Crippen molar-refractivity contribution >= 4 is 29.0 Å². The predicted molar refractivity (Wildman–Crippen MR) is 165 cm³/mol. The average Bonchev–Trinajstić information content (AvgIpc) is 3.00. The Morgan fingerprint density at radius 2 is 1.60 bits per heavy atom. The molecular formula is C34H44N4O4. The first kappa shape index (κ1) is 29.8. The van der Waals surface area contributed by atoms with Crippen LogP contribution < -0.4 is 20.9 Å². The van der Waals surface area contributed by atoms with Crippen LogP contribution in [0.3, 0.4) is 0 Å². The summed E-state index contributed by atoms with van der Waals surface area (Å²) >= 11 is 0. The van der Waals surface area contributed by atoms with E-state index in [1.165, 1.54) is 7.11 Å². The van der Waals surface area contributed by atoms with Gasteiger partial charge in [0, 0.05) is 34.8 Å². The van der Waals surface area contributed by atoms with Gasteiger partial charge in [-0.3, -0.25) is 9.59 Å². The molecule has 1 saturated heterocycles. The zero-order valence-corrected chi connectivity index (χ0v) is 25.9. The maximum absolute atomic E-state index is 13.9. The zero-order chi connectivity index (χ0) is 30.4. The van der Waals surface area contributed by atoms with E-state index < -0.39 is 12.0 Å². The van der Waals surface area contributed by atoms with Crippen molar-refractivity contribution in [3.63, 3.8) is 0 Å². The third-order valence-electron chi connectivity index (χ3n) is 8.52. The van der Waals surface area contributed by atoms with Gasteiger partial charge in [-0.15, -0.1) is 0 Å². The number of piperidine rings is 1. The molecule has 0 spiro atoms. The molecule has 8 nitrogen and oxygen atoms in total. The molecule has 0 aromatic heterocycles. The number of nitrogens with one attached hydrogen (secondary N) is 3. The summed E-state index contributed by atoms with van der Waals surface area (Å²) in [6.07, 6.45) is 2.77. The quantitative estimate of drug-likeness (QED) is 0.406. The minimum Gasteiger partial charge on any atom is -0.465 e. The number of methoxy groups -OCH3 is 1. The Hall–Kier alpha value is -3.65. The van der Waals surface area contributed by atoms with Crippen LogP contribution in [-0.2, 0) is 14.3 Å². The Morgan fingerprint density at radius 3 is 2.24 bits per heavy atom. The Bertz CT molecular complexity index is 1410. The average molecular weight is 573 g/mol. The number of Topliss-reactive ketones (excluding diaryl/α,β-unsaturated/α-hetero) is 1. The summed E-state index contributed by atoms with van der Waals surface area (Å²) in [7, 11) is 1.36. The molecular weight excluding hydrogens is 528 g/mol. The Morgan fingerprint density at radius 1 is 0.952 bits per heavy atom. The van der Waals surface area contributed by atoms with Gasteiger partial charge >= 0.3 is 5.97 Å². The molecule has 1 aliphatic carbocycles. The number of fused-ring (bicyclic) bond motifs is 1. The fourth-order valence-electron chi connectivity index (χ4n) is 7.35. The highest BCUT2D eigenvalue weighted by Gasteiger charge is 2.43. The second kappa shape index (κ2) is 10.9. The maximum Gasteiger partial charge on any atom is 0.337 e. The molecule has 2 aromatic carbocycles. The van der Waals surface area contributed by atoms with Crippen LogP contribution in [0.2, 0.25) is 0 Å². The van der Waals surface area contributed by atoms with Crippen molar-refractivity contribution in [2.24, 2.45) is 5.41 Å². The van der Waals surface area contributed by atoms with E-state index in [9.17, 15) is 14.4 Å². The van der Waals surface area contributed by atoms with Crippen molar-refractivity contribution in [2.75, 3.05) is 23.9 Å². The zero-order valence-electron chi connectivity index (χ0n) is 25.9. The van der Waals surface area contributed by atoms with Crippen LogP contribution in [0.25, 0.3) is 0 Å². The molecule has 8 heteroatoms. The minimum absolute atomic E-state index is 0.0220. The van der Waals surface area contributed by atoms with Crippen LogP contribution in [0.4, 0.5) is 11.4 Å². The number of carbonyl (C=O) groups is 3. The highest BCUT2D eigenvalue weighted by atomic mass is 16.5. The summed E-state index contributed by atoms with van der Waals surface area (Å²) in [4.78, 5) is 42.1. The summed E-state index contributed by atoms with van der Waals surface area (Å²) in [5, 5.41) is 10.6. The number of hydrogen-bond acceptors (Lipinski definition) is 7. The van der Waals surface area contributed by atoms with Gasteiger partial charge in [-0.2, -0.15) is 0 Å². The van der Waals surface area contributed by atoms with E-state index in [0.717, 1.165) is 35.5 Å². The van der Waals surface area contributed by atoms with Crippen LogP contribution in [0.1, 0.15) is 89.2 Å². The topological polar surface area (TPSA) is 99.8 Å². The summed E-state index contributed by atoms with van der Waals surface area (Å²) in [5.41, 5.74) is 4.12. The van der Waals surface area contributed by atoms with E-state index in [-0.39, 0.29) is 40.8 Å². The molecule has 42 heavy (non-hydrogen) atoms. The number of rotatable bonds is 5. The minimum atomic E-state index is -0.516. The van der Waals surface area contributed by atoms with Gasteiger partial charge in [-0.1, -0.05) is 38.1 Å². The standard InChI is InChI=1S/C34H44N4O4/c1-32(2)18-25-29(27(39)19-32)30(21-12-14-22(15-13-21)31(41)42-7)38(26-11-9-8-10-24(26)36-25)20-28(40)35-23-16-33(3,4)37-34(5,6)17-23/h8-15,23,30,36-37H,16-20H2,1-7H3,(H,35,40). The lowest BCUT2D eigenvalue weighted by molar-refractivity contribution is -0.121. The smallest absolute Gasteiger partial charge is 0.337 e. The molecule has 0 bridgehead atoms. The molecule has 3 N–H and O–H groups in total. The molecule has 1 atom stereocenters. The summed E-state index contributed by atoms with van der Waals surface area (Å²) in [6, 6.07) is 14.6. The number of ketones is 1. The summed E-state index contributed by atoms with van der Waals surface area (Å²) < 4.78 is 4.91. The van der Waals surface area contributed by atoms with Crippen molar-refractivity contribution in [3.05, 3.63) is 70.9 Å². The number of allylic oxidation sites excluding steroid dienone is 1. The molecule has 224 valence electrons.